The maximum Gasteiger partial charge on any atom is 0.313 e. The minimum absolute atomic E-state index is 0. The van der Waals surface area contributed by atoms with Crippen LogP contribution in [0.3, 0.4) is 0 Å². The first kappa shape index (κ1) is 16.2. The molecule has 1 radical (unpaired) electrons. The predicted octanol–water partition coefficient (Wildman–Crippen LogP) is 1.89. The van der Waals surface area contributed by atoms with Crippen LogP contribution < -0.4 is 0 Å². The van der Waals surface area contributed by atoms with E-state index in [4.69, 9.17) is 0 Å². The van der Waals surface area contributed by atoms with Crippen molar-refractivity contribution in [3.8, 4) is 0 Å². The molecule has 14 heavy (non-hydrogen) atoms. The van der Waals surface area contributed by atoms with Crippen molar-refractivity contribution in [3.63, 3.8) is 0 Å². The smallest absolute Gasteiger partial charge is 0.313 e. The summed E-state index contributed by atoms with van der Waals surface area (Å²) >= 11 is 0. The van der Waals surface area contributed by atoms with E-state index in [2.05, 4.69) is 16.1 Å². The average Bonchev–Trinajstić information content (AvgIpc) is 2.19. The summed E-state index contributed by atoms with van der Waals surface area (Å²) in [5.41, 5.74) is 0.557. The summed E-state index contributed by atoms with van der Waals surface area (Å²) in [5, 5.41) is 3.50. The van der Waals surface area contributed by atoms with Crippen LogP contribution in [0.25, 0.3) is 5.32 Å². The third kappa shape index (κ3) is 7.19. The van der Waals surface area contributed by atoms with Crippen molar-refractivity contribution in [2.45, 2.75) is 0 Å². The Morgan fingerprint density at radius 3 is 2.14 bits per heavy atom. The molecule has 0 aliphatic rings. The number of methoxy groups -OCH3 is 1. The number of carbonyl (C=O) groups is 1. The predicted molar refractivity (Wildman–Crippen MR) is 51.8 cm³/mol. The second kappa shape index (κ2) is 10.8. The summed E-state index contributed by atoms with van der Waals surface area (Å²) in [4.78, 5) is 10.8. The maximum absolute atomic E-state index is 10.8. The Kier molecular flexibility index (Phi) is 12.5. The largest absolute Gasteiger partial charge is 0.668 e. The molecule has 75 valence electrons. The Bertz CT molecular complexity index is 239. The number of hydrogen-bond acceptors (Lipinski definition) is 2. The first-order valence-electron chi connectivity index (χ1n) is 3.78. The SMILES string of the molecule is COC(=O)c1cc[c-]cc1.C[N-]C.[Y]. The Morgan fingerprint density at radius 1 is 1.36 bits per heavy atom. The first-order chi connectivity index (χ1) is 6.26. The molecule has 4 heteroatoms. The molecule has 1 aromatic rings. The summed E-state index contributed by atoms with van der Waals surface area (Å²) in [6.45, 7) is 0. The van der Waals surface area contributed by atoms with Gasteiger partial charge in [-0.05, 0) is 5.56 Å². The van der Waals surface area contributed by atoms with Gasteiger partial charge in [0.05, 0.1) is 7.11 Å². The molecular weight excluding hydrogens is 255 g/mol. The van der Waals surface area contributed by atoms with Gasteiger partial charge in [-0.15, -0.1) is 0 Å². The van der Waals surface area contributed by atoms with E-state index in [-0.39, 0.29) is 38.7 Å². The third-order valence-electron chi connectivity index (χ3n) is 1.14. The van der Waals surface area contributed by atoms with Gasteiger partial charge in [0.1, 0.15) is 0 Å². The van der Waals surface area contributed by atoms with Gasteiger partial charge < -0.3 is 10.1 Å². The van der Waals surface area contributed by atoms with Crippen LogP contribution in [0.15, 0.2) is 24.3 Å². The quantitative estimate of drug-likeness (QED) is 0.576. The van der Waals surface area contributed by atoms with Crippen molar-refractivity contribution in [3.05, 3.63) is 41.2 Å². The summed E-state index contributed by atoms with van der Waals surface area (Å²) in [7, 11) is 4.86. The Labute approximate surface area is 110 Å². The number of hydrogen-bond donors (Lipinski definition) is 0. The monoisotopic (exact) mass is 268 g/mol. The van der Waals surface area contributed by atoms with Gasteiger partial charge in [0, 0.05) is 32.7 Å². The molecular formula is C10H13NO2Y-2. The van der Waals surface area contributed by atoms with Gasteiger partial charge in [0.2, 0.25) is 0 Å². The summed E-state index contributed by atoms with van der Waals surface area (Å²) in [6.07, 6.45) is 0. The summed E-state index contributed by atoms with van der Waals surface area (Å²) < 4.78 is 4.48. The van der Waals surface area contributed by atoms with Crippen LogP contribution in [-0.2, 0) is 37.4 Å². The third-order valence-corrected chi connectivity index (χ3v) is 1.14. The normalized spacial score (nSPS) is 7.64. The van der Waals surface area contributed by atoms with Crippen molar-refractivity contribution in [2.24, 2.45) is 0 Å². The number of nitrogens with zero attached hydrogens (tertiary/aromatic N) is 1. The topological polar surface area (TPSA) is 40.4 Å². The van der Waals surface area contributed by atoms with Gasteiger partial charge in [0.15, 0.2) is 0 Å². The fourth-order valence-corrected chi connectivity index (χ4v) is 0.641. The molecule has 0 aromatic heterocycles. The molecule has 0 amide bonds. The summed E-state index contributed by atoms with van der Waals surface area (Å²) in [5.74, 6) is -0.311. The van der Waals surface area contributed by atoms with E-state index in [1.165, 1.54) is 7.11 Å². The molecule has 0 bridgehead atoms. The molecule has 3 nitrogen and oxygen atoms in total. The molecule has 0 saturated heterocycles. The van der Waals surface area contributed by atoms with Crippen LogP contribution >= 0.6 is 0 Å². The molecule has 0 spiro atoms. The molecule has 0 saturated carbocycles. The molecule has 1 rings (SSSR count). The van der Waals surface area contributed by atoms with Crippen molar-refractivity contribution in [1.29, 1.82) is 0 Å². The van der Waals surface area contributed by atoms with Gasteiger partial charge in [-0.3, -0.25) is 0 Å². The standard InChI is InChI=1S/C8H7O2.C2H6N.Y/c1-10-8(9)7-5-3-2-4-6-7;1-3-2;/h3-6H,1H3;1-2H3;/q2*-1;. The van der Waals surface area contributed by atoms with Crippen LogP contribution in [-0.4, -0.2) is 27.2 Å². The van der Waals surface area contributed by atoms with Crippen molar-refractivity contribution in [2.75, 3.05) is 21.2 Å². The Morgan fingerprint density at radius 2 is 1.79 bits per heavy atom. The van der Waals surface area contributed by atoms with Crippen LogP contribution in [0.4, 0.5) is 0 Å². The van der Waals surface area contributed by atoms with Gasteiger partial charge in [0.25, 0.3) is 0 Å². The Hall–Kier alpha value is -0.246. The molecule has 0 aliphatic carbocycles. The molecule has 0 N–H and O–H groups in total. The number of rotatable bonds is 1. The van der Waals surface area contributed by atoms with E-state index in [9.17, 15) is 4.79 Å². The van der Waals surface area contributed by atoms with Crippen molar-refractivity contribution < 1.29 is 42.2 Å². The van der Waals surface area contributed by atoms with Gasteiger partial charge in [-0.2, -0.15) is 44.4 Å². The van der Waals surface area contributed by atoms with Gasteiger partial charge >= 0.3 is 5.97 Å². The van der Waals surface area contributed by atoms with Crippen LogP contribution in [0.5, 0.6) is 0 Å². The minimum atomic E-state index is -0.311. The summed E-state index contributed by atoms with van der Waals surface area (Å²) in [6, 6.07) is 9.47. The zero-order chi connectivity index (χ0) is 10.1. The van der Waals surface area contributed by atoms with E-state index >= 15 is 0 Å². The minimum Gasteiger partial charge on any atom is -0.668 e. The van der Waals surface area contributed by atoms with Gasteiger partial charge in [-0.25, -0.2) is 4.79 Å². The van der Waals surface area contributed by atoms with Gasteiger partial charge in [-0.1, -0.05) is 0 Å². The van der Waals surface area contributed by atoms with E-state index in [0.29, 0.717) is 5.56 Å². The second-order valence-corrected chi connectivity index (χ2v) is 2.23. The van der Waals surface area contributed by atoms with Crippen molar-refractivity contribution >= 4 is 5.97 Å². The van der Waals surface area contributed by atoms with Crippen molar-refractivity contribution in [1.82, 2.24) is 0 Å². The Balaban J connectivity index is 0. The molecule has 0 atom stereocenters. The van der Waals surface area contributed by atoms with Crippen LogP contribution in [0.2, 0.25) is 0 Å². The molecule has 0 heterocycles. The van der Waals surface area contributed by atoms with Crippen LogP contribution in [0.1, 0.15) is 10.4 Å². The van der Waals surface area contributed by atoms with Crippen LogP contribution in [0, 0.1) is 6.07 Å². The number of benzene rings is 1. The number of esters is 1. The molecule has 0 aliphatic heterocycles. The maximum atomic E-state index is 10.8. The zero-order valence-electron chi connectivity index (χ0n) is 8.65. The fraction of sp³-hybridized carbons (Fsp3) is 0.300. The van der Waals surface area contributed by atoms with E-state index in [1.54, 1.807) is 38.4 Å². The number of carbonyl (C=O) groups excluding carboxylic acids is 1. The second-order valence-electron chi connectivity index (χ2n) is 2.23. The molecule has 0 fully saturated rings. The number of ether oxygens (including phenoxy) is 1. The zero-order valence-corrected chi connectivity index (χ0v) is 11.5. The van der Waals surface area contributed by atoms with E-state index in [1.807, 2.05) is 0 Å². The molecule has 0 unspecified atom stereocenters. The van der Waals surface area contributed by atoms with E-state index < -0.39 is 0 Å². The average molecular weight is 268 g/mol. The molecule has 1 aromatic carbocycles. The first-order valence-corrected chi connectivity index (χ1v) is 3.78. The van der Waals surface area contributed by atoms with E-state index in [0.717, 1.165) is 0 Å². The fourth-order valence-electron chi connectivity index (χ4n) is 0.641.